The van der Waals surface area contributed by atoms with Gasteiger partial charge >= 0.3 is 0 Å². The highest BCUT2D eigenvalue weighted by Gasteiger charge is 2.14. The van der Waals surface area contributed by atoms with E-state index in [2.05, 4.69) is 28.5 Å². The summed E-state index contributed by atoms with van der Waals surface area (Å²) < 4.78 is 1.60. The largest absolute Gasteiger partial charge is 0.350 e. The van der Waals surface area contributed by atoms with Crippen molar-refractivity contribution in [2.75, 3.05) is 0 Å². The van der Waals surface area contributed by atoms with Gasteiger partial charge in [0.15, 0.2) is 0 Å². The van der Waals surface area contributed by atoms with E-state index in [1.807, 2.05) is 26.0 Å². The maximum atomic E-state index is 12.7. The fraction of sp³-hybridized carbons (Fsp3) is 0.400. The van der Waals surface area contributed by atoms with Crippen molar-refractivity contribution in [3.8, 4) is 0 Å². The molecule has 4 rings (SSSR count). The molecule has 0 saturated heterocycles. The summed E-state index contributed by atoms with van der Waals surface area (Å²) in [4.78, 5) is 29.5. The quantitative estimate of drug-likeness (QED) is 0.669. The maximum absolute atomic E-state index is 12.7. The lowest BCUT2D eigenvalue weighted by Crippen LogP contribution is -2.27. The van der Waals surface area contributed by atoms with Crippen molar-refractivity contribution in [2.24, 2.45) is 0 Å². The molecule has 156 valence electrons. The molecule has 0 aliphatic heterocycles. The molecule has 1 aliphatic carbocycles. The number of para-hydroxylation sites is 1. The molecular formula is C25H29N3O2. The van der Waals surface area contributed by atoms with E-state index < -0.39 is 0 Å². The van der Waals surface area contributed by atoms with Crippen LogP contribution in [-0.2, 0) is 24.2 Å². The molecule has 0 spiro atoms. The van der Waals surface area contributed by atoms with E-state index in [0.29, 0.717) is 24.8 Å². The molecule has 5 heteroatoms. The second-order valence-corrected chi connectivity index (χ2v) is 8.34. The van der Waals surface area contributed by atoms with Crippen LogP contribution >= 0.6 is 0 Å². The molecule has 1 heterocycles. The highest BCUT2D eigenvalue weighted by molar-refractivity contribution is 5.80. The summed E-state index contributed by atoms with van der Waals surface area (Å²) in [6.45, 7) is 4.46. The standard InChI is InChI=1S/C25H29N3O2/c1-17-7-5-10-22-24(17)26-16-28(25(22)30)14-6-11-23(29)27-18(2)20-13-12-19-8-3-4-9-21(19)15-20/h5,7,10,12-13,15-16,18H,3-4,6,8-9,11,14H2,1-2H3,(H,27,29)/t18-/m0/s1. The van der Waals surface area contributed by atoms with Gasteiger partial charge in [0.25, 0.3) is 5.56 Å². The molecule has 1 aliphatic rings. The molecule has 0 bridgehead atoms. The first-order valence-electron chi connectivity index (χ1n) is 10.9. The van der Waals surface area contributed by atoms with Gasteiger partial charge in [0.05, 0.1) is 23.3 Å². The SMILES string of the molecule is Cc1cccc2c(=O)n(CCCC(=O)N[C@@H](C)c3ccc4c(c3)CCCC4)cnc12. The highest BCUT2D eigenvalue weighted by Crippen LogP contribution is 2.24. The molecule has 1 aromatic heterocycles. The van der Waals surface area contributed by atoms with Gasteiger partial charge in [-0.15, -0.1) is 0 Å². The van der Waals surface area contributed by atoms with Gasteiger partial charge in [-0.25, -0.2) is 4.98 Å². The van der Waals surface area contributed by atoms with Gasteiger partial charge in [-0.1, -0.05) is 30.3 Å². The lowest BCUT2D eigenvalue weighted by molar-refractivity contribution is -0.121. The molecule has 0 radical (unpaired) electrons. The normalized spacial score (nSPS) is 14.3. The lowest BCUT2D eigenvalue weighted by atomic mass is 9.89. The van der Waals surface area contributed by atoms with E-state index in [1.165, 1.54) is 30.4 Å². The number of nitrogens with one attached hydrogen (secondary N) is 1. The Hall–Kier alpha value is -2.95. The average molecular weight is 404 g/mol. The molecule has 3 aromatic rings. The van der Waals surface area contributed by atoms with Crippen molar-refractivity contribution >= 4 is 16.8 Å². The predicted octanol–water partition coefficient (Wildman–Crippen LogP) is 4.24. The van der Waals surface area contributed by atoms with Crippen molar-refractivity contribution in [3.63, 3.8) is 0 Å². The van der Waals surface area contributed by atoms with Crippen molar-refractivity contribution in [1.29, 1.82) is 0 Å². The average Bonchev–Trinajstić information content (AvgIpc) is 2.75. The fourth-order valence-electron chi connectivity index (χ4n) is 4.33. The molecular weight excluding hydrogens is 374 g/mol. The van der Waals surface area contributed by atoms with Crippen LogP contribution in [0.2, 0.25) is 0 Å². The summed E-state index contributed by atoms with van der Waals surface area (Å²) >= 11 is 0. The lowest BCUT2D eigenvalue weighted by Gasteiger charge is -2.20. The first-order chi connectivity index (χ1) is 14.5. The van der Waals surface area contributed by atoms with E-state index in [9.17, 15) is 9.59 Å². The molecule has 2 aromatic carbocycles. The van der Waals surface area contributed by atoms with Crippen molar-refractivity contribution in [3.05, 3.63) is 75.3 Å². The number of nitrogens with zero attached hydrogens (tertiary/aromatic N) is 2. The minimum atomic E-state index is -0.0495. The van der Waals surface area contributed by atoms with Crippen molar-refractivity contribution in [1.82, 2.24) is 14.9 Å². The van der Waals surface area contributed by atoms with Gasteiger partial charge in [0.1, 0.15) is 0 Å². The second-order valence-electron chi connectivity index (χ2n) is 8.34. The number of rotatable bonds is 6. The van der Waals surface area contributed by atoms with Crippen LogP contribution in [0, 0.1) is 6.92 Å². The molecule has 1 N–H and O–H groups in total. The minimum Gasteiger partial charge on any atom is -0.350 e. The zero-order valence-electron chi connectivity index (χ0n) is 17.8. The third-order valence-electron chi connectivity index (χ3n) is 6.11. The van der Waals surface area contributed by atoms with Gasteiger partial charge in [-0.3, -0.25) is 14.2 Å². The van der Waals surface area contributed by atoms with Crippen LogP contribution in [0.1, 0.15) is 60.9 Å². The first-order valence-corrected chi connectivity index (χ1v) is 10.9. The third-order valence-corrected chi connectivity index (χ3v) is 6.11. The van der Waals surface area contributed by atoms with Crippen LogP contribution < -0.4 is 10.9 Å². The minimum absolute atomic E-state index is 0.0119. The Morgan fingerprint density at radius 3 is 2.80 bits per heavy atom. The van der Waals surface area contributed by atoms with Gasteiger partial charge in [0, 0.05) is 13.0 Å². The number of hydrogen-bond donors (Lipinski definition) is 1. The van der Waals surface area contributed by atoms with Gasteiger partial charge in [0.2, 0.25) is 5.91 Å². The summed E-state index contributed by atoms with van der Waals surface area (Å²) in [7, 11) is 0. The van der Waals surface area contributed by atoms with E-state index in [1.54, 1.807) is 17.0 Å². The topological polar surface area (TPSA) is 64.0 Å². The summed E-state index contributed by atoms with van der Waals surface area (Å²) in [5, 5.41) is 3.73. The summed E-state index contributed by atoms with van der Waals surface area (Å²) in [6.07, 6.45) is 7.39. The van der Waals surface area contributed by atoms with Crippen LogP contribution in [0.15, 0.2) is 47.5 Å². The maximum Gasteiger partial charge on any atom is 0.261 e. The number of carbonyl (C=O) groups excluding carboxylic acids is 1. The van der Waals surface area contributed by atoms with E-state index in [-0.39, 0.29) is 17.5 Å². The first kappa shape index (κ1) is 20.3. The molecule has 0 unspecified atom stereocenters. The number of amides is 1. The van der Waals surface area contributed by atoms with Crippen LogP contribution in [0.3, 0.4) is 0 Å². The van der Waals surface area contributed by atoms with E-state index in [4.69, 9.17) is 0 Å². The number of benzene rings is 2. The Morgan fingerprint density at radius 2 is 1.97 bits per heavy atom. The highest BCUT2D eigenvalue weighted by atomic mass is 16.1. The summed E-state index contributed by atoms with van der Waals surface area (Å²) in [5.41, 5.74) is 5.73. The van der Waals surface area contributed by atoms with Crippen molar-refractivity contribution in [2.45, 2.75) is 65.0 Å². The number of carbonyl (C=O) groups is 1. The third kappa shape index (κ3) is 4.30. The van der Waals surface area contributed by atoms with E-state index in [0.717, 1.165) is 23.1 Å². The van der Waals surface area contributed by atoms with Crippen LogP contribution in [0.5, 0.6) is 0 Å². The second kappa shape index (κ2) is 8.82. The Kier molecular flexibility index (Phi) is 5.98. The predicted molar refractivity (Wildman–Crippen MR) is 120 cm³/mol. The van der Waals surface area contributed by atoms with Crippen molar-refractivity contribution < 1.29 is 4.79 Å². The summed E-state index contributed by atoms with van der Waals surface area (Å²) in [5.74, 6) is 0.0119. The molecule has 5 nitrogen and oxygen atoms in total. The van der Waals surface area contributed by atoms with Gasteiger partial charge in [-0.05, 0) is 74.3 Å². The van der Waals surface area contributed by atoms with E-state index >= 15 is 0 Å². The van der Waals surface area contributed by atoms with Crippen LogP contribution in [0.25, 0.3) is 10.9 Å². The van der Waals surface area contributed by atoms with Gasteiger partial charge in [-0.2, -0.15) is 0 Å². The summed E-state index contributed by atoms with van der Waals surface area (Å²) in [6, 6.07) is 12.2. The molecule has 0 saturated carbocycles. The number of aryl methyl sites for hydroxylation is 4. The Morgan fingerprint density at radius 1 is 1.17 bits per heavy atom. The number of hydrogen-bond acceptors (Lipinski definition) is 3. The molecule has 0 fully saturated rings. The molecule has 30 heavy (non-hydrogen) atoms. The van der Waals surface area contributed by atoms with Crippen LogP contribution in [-0.4, -0.2) is 15.5 Å². The zero-order valence-corrected chi connectivity index (χ0v) is 17.8. The number of aromatic nitrogens is 2. The van der Waals surface area contributed by atoms with Gasteiger partial charge < -0.3 is 5.32 Å². The van der Waals surface area contributed by atoms with Crippen LogP contribution in [0.4, 0.5) is 0 Å². The monoisotopic (exact) mass is 403 g/mol. The fourth-order valence-corrected chi connectivity index (χ4v) is 4.33. The Bertz CT molecular complexity index is 1130. The number of fused-ring (bicyclic) bond motifs is 2. The Labute approximate surface area is 177 Å². The zero-order chi connectivity index (χ0) is 21.1. The smallest absolute Gasteiger partial charge is 0.261 e. The Balaban J connectivity index is 1.33. The molecule has 1 atom stereocenters. The molecule has 1 amide bonds.